The van der Waals surface area contributed by atoms with E-state index in [1.165, 1.54) is 11.3 Å². The minimum atomic E-state index is -0.188. The predicted octanol–water partition coefficient (Wildman–Crippen LogP) is 4.19. The number of thiophene rings is 1. The molecule has 2 rings (SSSR count). The molecule has 3 nitrogen and oxygen atoms in total. The number of ketones is 1. The van der Waals surface area contributed by atoms with Crippen molar-refractivity contribution in [2.75, 3.05) is 5.33 Å². The number of hydrogen-bond acceptors (Lipinski definition) is 3. The Hall–Kier alpha value is 0.280. The van der Waals surface area contributed by atoms with Crippen LogP contribution in [0.4, 0.5) is 0 Å². The average Bonchev–Trinajstić information content (AvgIpc) is 2.77. The van der Waals surface area contributed by atoms with Gasteiger partial charge in [-0.2, -0.15) is 0 Å². The molecule has 0 aromatic carbocycles. The molecular formula is C11H10Br3NO2S. The fraction of sp³-hybridized carbons (Fsp3) is 0.455. The quantitative estimate of drug-likeness (QED) is 0.686. The van der Waals surface area contributed by atoms with Crippen LogP contribution in [0, 0.1) is 0 Å². The molecule has 0 saturated heterocycles. The molecule has 7 heteroatoms. The van der Waals surface area contributed by atoms with Crippen molar-refractivity contribution in [2.24, 2.45) is 0 Å². The number of halogens is 3. The minimum Gasteiger partial charge on any atom is -0.349 e. The van der Waals surface area contributed by atoms with Crippen LogP contribution in [0.5, 0.6) is 0 Å². The zero-order chi connectivity index (χ0) is 13.3. The van der Waals surface area contributed by atoms with Crippen LogP contribution in [0.2, 0.25) is 0 Å². The van der Waals surface area contributed by atoms with E-state index in [0.717, 1.165) is 30.5 Å². The first-order chi connectivity index (χ1) is 8.54. The highest BCUT2D eigenvalue weighted by Crippen LogP contribution is 2.46. The minimum absolute atomic E-state index is 0.00526. The zero-order valence-electron chi connectivity index (χ0n) is 9.26. The lowest BCUT2D eigenvalue weighted by molar-refractivity contribution is -0.121. The Kier molecular flexibility index (Phi) is 5.02. The smallest absolute Gasteiger partial charge is 0.220 e. The molecule has 0 bridgehead atoms. The topological polar surface area (TPSA) is 46.2 Å². The molecule has 1 atom stereocenters. The van der Waals surface area contributed by atoms with Gasteiger partial charge in [0.25, 0.3) is 0 Å². The van der Waals surface area contributed by atoms with Crippen molar-refractivity contribution in [3.05, 3.63) is 18.7 Å². The highest BCUT2D eigenvalue weighted by molar-refractivity contribution is 9.12. The summed E-state index contributed by atoms with van der Waals surface area (Å²) in [7, 11) is 0. The predicted molar refractivity (Wildman–Crippen MR) is 82.6 cm³/mol. The largest absolute Gasteiger partial charge is 0.349 e. The molecule has 1 aromatic rings. The van der Waals surface area contributed by atoms with Crippen LogP contribution in [0.3, 0.4) is 0 Å². The number of nitrogens with one attached hydrogen (secondary N) is 1. The molecule has 1 heterocycles. The van der Waals surface area contributed by atoms with E-state index < -0.39 is 0 Å². The second kappa shape index (κ2) is 6.15. The number of carbonyl (C=O) groups is 2. The van der Waals surface area contributed by atoms with Gasteiger partial charge in [0, 0.05) is 29.3 Å². The van der Waals surface area contributed by atoms with Crippen LogP contribution in [0.1, 0.15) is 41.2 Å². The fourth-order valence-corrected chi connectivity index (χ4v) is 5.62. The van der Waals surface area contributed by atoms with Crippen LogP contribution in [-0.2, 0) is 4.79 Å². The standard InChI is InChI=1S/C11H10Br3NO2S/c12-3-1-2-7(17)15-5-4-6(16)9-8(5)10(13)18-11(9)14/h5H,1-4H2,(H,15,17). The monoisotopic (exact) mass is 457 g/mol. The molecule has 0 saturated carbocycles. The van der Waals surface area contributed by atoms with E-state index in [0.29, 0.717) is 12.8 Å². The number of carbonyl (C=O) groups excluding carboxylic acids is 2. The molecule has 1 N–H and O–H groups in total. The molecule has 0 radical (unpaired) electrons. The van der Waals surface area contributed by atoms with Gasteiger partial charge in [0.05, 0.1) is 13.6 Å². The van der Waals surface area contributed by atoms with Crippen LogP contribution in [0.25, 0.3) is 0 Å². The van der Waals surface area contributed by atoms with Crippen molar-refractivity contribution in [3.8, 4) is 0 Å². The van der Waals surface area contributed by atoms with E-state index in [9.17, 15) is 9.59 Å². The van der Waals surface area contributed by atoms with Gasteiger partial charge in [-0.15, -0.1) is 11.3 Å². The Bertz CT molecular complexity index is 501. The molecule has 1 aromatic heterocycles. The van der Waals surface area contributed by atoms with Crippen LogP contribution >= 0.6 is 59.1 Å². The van der Waals surface area contributed by atoms with E-state index in [1.54, 1.807) is 0 Å². The van der Waals surface area contributed by atoms with E-state index in [2.05, 4.69) is 53.1 Å². The molecule has 1 unspecified atom stereocenters. The molecule has 0 aliphatic heterocycles. The summed E-state index contributed by atoms with van der Waals surface area (Å²) in [5.41, 5.74) is 1.64. The van der Waals surface area contributed by atoms with Crippen molar-refractivity contribution in [1.29, 1.82) is 0 Å². The van der Waals surface area contributed by atoms with Crippen molar-refractivity contribution >= 4 is 70.8 Å². The molecular weight excluding hydrogens is 450 g/mol. The van der Waals surface area contributed by atoms with E-state index in [1.807, 2.05) is 0 Å². The summed E-state index contributed by atoms with van der Waals surface area (Å²) < 4.78 is 1.76. The molecule has 18 heavy (non-hydrogen) atoms. The Balaban J connectivity index is 2.14. The normalized spacial score (nSPS) is 17.9. The summed E-state index contributed by atoms with van der Waals surface area (Å²) in [5.74, 6) is 0.0824. The van der Waals surface area contributed by atoms with Gasteiger partial charge in [-0.25, -0.2) is 0 Å². The number of fused-ring (bicyclic) bond motifs is 1. The molecule has 0 fully saturated rings. The van der Waals surface area contributed by atoms with E-state index >= 15 is 0 Å². The van der Waals surface area contributed by atoms with Gasteiger partial charge in [0.1, 0.15) is 0 Å². The summed E-state index contributed by atoms with van der Waals surface area (Å²) in [6.45, 7) is 0. The third-order valence-electron chi connectivity index (χ3n) is 2.75. The SMILES string of the molecule is O=C(CCCBr)NC1CC(=O)c2c(Br)sc(Br)c21. The first-order valence-corrected chi connectivity index (χ1v) is 8.93. The van der Waals surface area contributed by atoms with Gasteiger partial charge in [0.2, 0.25) is 5.91 Å². The molecule has 1 amide bonds. The van der Waals surface area contributed by atoms with Gasteiger partial charge in [0.15, 0.2) is 5.78 Å². The highest BCUT2D eigenvalue weighted by Gasteiger charge is 2.36. The van der Waals surface area contributed by atoms with Crippen LogP contribution < -0.4 is 5.32 Å². The molecule has 1 aliphatic rings. The maximum absolute atomic E-state index is 11.9. The third kappa shape index (κ3) is 2.89. The average molecular weight is 460 g/mol. The van der Waals surface area contributed by atoms with Gasteiger partial charge >= 0.3 is 0 Å². The van der Waals surface area contributed by atoms with Crippen molar-refractivity contribution in [1.82, 2.24) is 5.32 Å². The first kappa shape index (κ1) is 14.7. The summed E-state index contributed by atoms with van der Waals surface area (Å²) in [6, 6.07) is -0.188. The number of Topliss-reactive ketones (excluding diaryl/α,β-unsaturated/α-hetero) is 1. The van der Waals surface area contributed by atoms with Crippen LogP contribution in [-0.4, -0.2) is 17.0 Å². The number of hydrogen-bond donors (Lipinski definition) is 1. The Morgan fingerprint density at radius 2 is 2.11 bits per heavy atom. The van der Waals surface area contributed by atoms with Gasteiger partial charge in [-0.3, -0.25) is 9.59 Å². The third-order valence-corrected chi connectivity index (χ3v) is 5.88. The fourth-order valence-electron chi connectivity index (χ4n) is 1.97. The number of amides is 1. The second-order valence-corrected chi connectivity index (χ2v) is 8.43. The summed E-state index contributed by atoms with van der Waals surface area (Å²) >= 11 is 11.6. The lowest BCUT2D eigenvalue weighted by atomic mass is 10.2. The lowest BCUT2D eigenvalue weighted by Crippen LogP contribution is -2.27. The molecule has 1 aliphatic carbocycles. The van der Waals surface area contributed by atoms with E-state index in [-0.39, 0.29) is 17.7 Å². The number of alkyl halides is 1. The summed E-state index contributed by atoms with van der Waals surface area (Å²) in [6.07, 6.45) is 1.64. The van der Waals surface area contributed by atoms with Crippen LogP contribution in [0.15, 0.2) is 7.57 Å². The van der Waals surface area contributed by atoms with Crippen molar-refractivity contribution < 1.29 is 9.59 Å². The Morgan fingerprint density at radius 1 is 1.39 bits per heavy atom. The van der Waals surface area contributed by atoms with Gasteiger partial charge < -0.3 is 5.32 Å². The van der Waals surface area contributed by atoms with Crippen molar-refractivity contribution in [2.45, 2.75) is 25.3 Å². The zero-order valence-corrected chi connectivity index (χ0v) is 14.8. The lowest BCUT2D eigenvalue weighted by Gasteiger charge is -2.12. The number of rotatable bonds is 4. The maximum atomic E-state index is 11.9. The molecule has 98 valence electrons. The Labute approximate surface area is 134 Å². The maximum Gasteiger partial charge on any atom is 0.220 e. The van der Waals surface area contributed by atoms with Crippen molar-refractivity contribution in [3.63, 3.8) is 0 Å². The highest BCUT2D eigenvalue weighted by atomic mass is 79.9. The summed E-state index contributed by atoms with van der Waals surface area (Å²) in [4.78, 5) is 23.6. The van der Waals surface area contributed by atoms with E-state index in [4.69, 9.17) is 0 Å². The molecule has 0 spiro atoms. The van der Waals surface area contributed by atoms with Gasteiger partial charge in [-0.05, 0) is 38.3 Å². The second-order valence-electron chi connectivity index (χ2n) is 3.98. The van der Waals surface area contributed by atoms with Gasteiger partial charge in [-0.1, -0.05) is 15.9 Å². The summed E-state index contributed by atoms with van der Waals surface area (Å²) in [5, 5.41) is 3.74. The first-order valence-electron chi connectivity index (χ1n) is 5.40. The Morgan fingerprint density at radius 3 is 2.78 bits per heavy atom.